The van der Waals surface area contributed by atoms with Gasteiger partial charge < -0.3 is 14.5 Å². The van der Waals surface area contributed by atoms with Crippen LogP contribution in [0.1, 0.15) is 70.1 Å². The van der Waals surface area contributed by atoms with Crippen LogP contribution in [-0.4, -0.2) is 67.5 Å². The van der Waals surface area contributed by atoms with Crippen LogP contribution in [0.3, 0.4) is 0 Å². The van der Waals surface area contributed by atoms with Gasteiger partial charge in [-0.2, -0.15) is 18.3 Å². The van der Waals surface area contributed by atoms with Gasteiger partial charge in [-0.05, 0) is 56.4 Å². The molecule has 12 heteroatoms. The van der Waals surface area contributed by atoms with Gasteiger partial charge in [0.15, 0.2) is 0 Å². The maximum Gasteiger partial charge on any atom is 0.433 e. The summed E-state index contributed by atoms with van der Waals surface area (Å²) in [4.78, 5) is 38.9. The van der Waals surface area contributed by atoms with Crippen LogP contribution in [0.4, 0.5) is 13.2 Å². The van der Waals surface area contributed by atoms with Gasteiger partial charge in [-0.15, -0.1) is 0 Å². The lowest BCUT2D eigenvalue weighted by Crippen LogP contribution is -2.39. The molecule has 4 aromatic rings. The number of nitrogens with zero attached hydrogens (tertiary/aromatic N) is 6. The average Bonchev–Trinajstić information content (AvgIpc) is 3.58. The Morgan fingerprint density at radius 2 is 1.67 bits per heavy atom. The summed E-state index contributed by atoms with van der Waals surface area (Å²) in [5.41, 5.74) is 0.291. The molecule has 6 rings (SSSR count). The monoisotopic (exact) mass is 592 g/mol. The number of ether oxygens (including phenoxy) is 1. The number of fused-ring (bicyclic) bond motifs is 1. The molecule has 0 atom stereocenters. The minimum absolute atomic E-state index is 0.0515. The molecule has 2 amide bonds. The van der Waals surface area contributed by atoms with Crippen LogP contribution in [0, 0.1) is 0 Å². The summed E-state index contributed by atoms with van der Waals surface area (Å²) in [6.45, 7) is 2.41. The minimum atomic E-state index is -4.52. The number of halogens is 3. The normalized spacial score (nSPS) is 16.4. The highest BCUT2D eigenvalue weighted by molar-refractivity contribution is 6.10. The molecular formula is C31H31F3N6O3. The van der Waals surface area contributed by atoms with E-state index in [9.17, 15) is 22.8 Å². The molecule has 43 heavy (non-hydrogen) atoms. The van der Waals surface area contributed by atoms with Crippen molar-refractivity contribution >= 4 is 22.6 Å². The van der Waals surface area contributed by atoms with Crippen molar-refractivity contribution in [1.82, 2.24) is 29.5 Å². The number of likely N-dealkylation sites (tertiary alicyclic amines) is 2. The summed E-state index contributed by atoms with van der Waals surface area (Å²) >= 11 is 0. The number of carbonyl (C=O) groups is 2. The molecule has 2 aliphatic heterocycles. The van der Waals surface area contributed by atoms with Gasteiger partial charge in [0.05, 0.1) is 6.04 Å². The van der Waals surface area contributed by atoms with Gasteiger partial charge in [0.2, 0.25) is 5.88 Å². The number of rotatable bonds is 6. The Labute approximate surface area is 246 Å². The highest BCUT2D eigenvalue weighted by Crippen LogP contribution is 2.30. The lowest BCUT2D eigenvalue weighted by Gasteiger charge is -2.32. The zero-order chi connectivity index (χ0) is 30.0. The molecule has 2 aliphatic rings. The van der Waals surface area contributed by atoms with Crippen molar-refractivity contribution in [2.45, 2.75) is 50.9 Å². The lowest BCUT2D eigenvalue weighted by atomic mass is 9.98. The van der Waals surface area contributed by atoms with Crippen LogP contribution >= 0.6 is 0 Å². The van der Waals surface area contributed by atoms with Crippen molar-refractivity contribution in [2.75, 3.05) is 26.2 Å². The van der Waals surface area contributed by atoms with E-state index in [0.717, 1.165) is 44.4 Å². The first-order valence-corrected chi connectivity index (χ1v) is 14.4. The molecule has 3 aromatic heterocycles. The number of aromatic nitrogens is 4. The Balaban J connectivity index is 1.25. The first kappa shape index (κ1) is 28.6. The fourth-order valence-corrected chi connectivity index (χ4v) is 5.73. The third kappa shape index (κ3) is 6.32. The molecule has 1 aromatic carbocycles. The smallest absolute Gasteiger partial charge is 0.433 e. The second-order valence-corrected chi connectivity index (χ2v) is 11.0. The fraction of sp³-hybridized carbons (Fsp3) is 0.387. The van der Waals surface area contributed by atoms with Crippen molar-refractivity contribution < 1.29 is 27.5 Å². The number of hydrogen-bond acceptors (Lipinski definition) is 6. The summed E-state index contributed by atoms with van der Waals surface area (Å²) in [5.74, 6) is -0.0793. The van der Waals surface area contributed by atoms with Crippen LogP contribution in [0.25, 0.3) is 10.8 Å². The zero-order valence-electron chi connectivity index (χ0n) is 23.5. The molecule has 5 heterocycles. The molecule has 0 radical (unpaired) electrons. The first-order valence-electron chi connectivity index (χ1n) is 14.4. The number of alkyl halides is 3. The largest absolute Gasteiger partial charge is 0.473 e. The molecular weight excluding hydrogens is 561 g/mol. The maximum absolute atomic E-state index is 13.8. The van der Waals surface area contributed by atoms with Gasteiger partial charge in [-0.3, -0.25) is 19.3 Å². The lowest BCUT2D eigenvalue weighted by molar-refractivity contribution is -0.141. The number of benzene rings is 1. The number of amides is 2. The molecule has 2 fully saturated rings. The van der Waals surface area contributed by atoms with E-state index in [1.54, 1.807) is 30.6 Å². The summed E-state index contributed by atoms with van der Waals surface area (Å²) < 4.78 is 46.3. The third-order valence-corrected chi connectivity index (χ3v) is 8.08. The Bertz CT molecular complexity index is 1590. The van der Waals surface area contributed by atoms with E-state index < -0.39 is 11.9 Å². The van der Waals surface area contributed by atoms with Crippen molar-refractivity contribution in [3.05, 3.63) is 83.6 Å². The van der Waals surface area contributed by atoms with Gasteiger partial charge in [0.1, 0.15) is 12.3 Å². The van der Waals surface area contributed by atoms with Crippen LogP contribution in [0.2, 0.25) is 0 Å². The van der Waals surface area contributed by atoms with Gasteiger partial charge in [-0.25, -0.2) is 4.98 Å². The SMILES string of the molecule is O=C(c1cc(C(=O)N2CCCCC2)c2cc(OCc3ccc(C(F)(F)F)nc3)ncc2c1)N1CCC(n2cccn2)CC1. The summed E-state index contributed by atoms with van der Waals surface area (Å²) in [7, 11) is 0. The van der Waals surface area contributed by atoms with E-state index in [1.165, 1.54) is 6.07 Å². The summed E-state index contributed by atoms with van der Waals surface area (Å²) in [6.07, 6.45) is 6.34. The van der Waals surface area contributed by atoms with Gasteiger partial charge in [-0.1, -0.05) is 6.07 Å². The van der Waals surface area contributed by atoms with Crippen molar-refractivity contribution in [3.8, 4) is 5.88 Å². The molecule has 2 saturated heterocycles. The molecule has 0 bridgehead atoms. The topological polar surface area (TPSA) is 93.5 Å². The molecule has 224 valence electrons. The quantitative estimate of drug-likeness (QED) is 0.293. The number of hydrogen-bond donors (Lipinski definition) is 0. The van der Waals surface area contributed by atoms with Crippen LogP contribution in [-0.2, 0) is 12.8 Å². The minimum Gasteiger partial charge on any atom is -0.473 e. The van der Waals surface area contributed by atoms with E-state index in [0.29, 0.717) is 53.6 Å². The second-order valence-electron chi connectivity index (χ2n) is 11.0. The number of pyridine rings is 2. The van der Waals surface area contributed by atoms with Crippen molar-refractivity contribution in [3.63, 3.8) is 0 Å². The van der Waals surface area contributed by atoms with Gasteiger partial charge >= 0.3 is 6.18 Å². The highest BCUT2D eigenvalue weighted by Gasteiger charge is 2.32. The predicted octanol–water partition coefficient (Wildman–Crippen LogP) is 5.53. The average molecular weight is 593 g/mol. The van der Waals surface area contributed by atoms with E-state index in [2.05, 4.69) is 15.1 Å². The van der Waals surface area contributed by atoms with E-state index in [1.807, 2.05) is 26.7 Å². The summed E-state index contributed by atoms with van der Waals surface area (Å²) in [5, 5.41) is 5.56. The zero-order valence-corrected chi connectivity index (χ0v) is 23.5. The first-order chi connectivity index (χ1) is 20.8. The highest BCUT2D eigenvalue weighted by atomic mass is 19.4. The molecule has 0 saturated carbocycles. The molecule has 0 aliphatic carbocycles. The van der Waals surface area contributed by atoms with Gasteiger partial charge in [0.25, 0.3) is 11.8 Å². The fourth-order valence-electron chi connectivity index (χ4n) is 5.73. The molecule has 9 nitrogen and oxygen atoms in total. The second kappa shape index (κ2) is 12.0. The number of piperidine rings is 2. The maximum atomic E-state index is 13.8. The van der Waals surface area contributed by atoms with E-state index >= 15 is 0 Å². The Kier molecular flexibility index (Phi) is 8.00. The van der Waals surface area contributed by atoms with Crippen molar-refractivity contribution in [2.24, 2.45) is 0 Å². The van der Waals surface area contributed by atoms with E-state index in [-0.39, 0.29) is 30.3 Å². The predicted molar refractivity (Wildman–Crippen MR) is 151 cm³/mol. The number of carbonyl (C=O) groups excluding carboxylic acids is 2. The Hall–Kier alpha value is -4.48. The molecule has 0 N–H and O–H groups in total. The van der Waals surface area contributed by atoms with Crippen molar-refractivity contribution in [1.29, 1.82) is 0 Å². The van der Waals surface area contributed by atoms with E-state index in [4.69, 9.17) is 4.74 Å². The Morgan fingerprint density at radius 3 is 2.35 bits per heavy atom. The third-order valence-electron chi connectivity index (χ3n) is 8.08. The summed E-state index contributed by atoms with van der Waals surface area (Å²) in [6, 6.07) is 9.41. The standard InChI is InChI=1S/C31H31F3N6O3/c32-31(33,34)27-6-5-21(18-35-27)20-43-28-17-25-23(19-36-28)15-22(16-26(25)30(42)38-10-2-1-3-11-38)29(41)39-13-7-24(8-14-39)40-12-4-9-37-40/h4-6,9,12,15-19,24H,1-3,7-8,10-11,13-14,20H2. The van der Waals surface area contributed by atoms with Gasteiger partial charge in [0, 0.05) is 84.5 Å². The van der Waals surface area contributed by atoms with Crippen LogP contribution in [0.15, 0.2) is 61.2 Å². The molecule has 0 unspecified atom stereocenters. The molecule has 0 spiro atoms. The van der Waals surface area contributed by atoms with Crippen LogP contribution < -0.4 is 4.74 Å². The Morgan fingerprint density at radius 1 is 0.907 bits per heavy atom. The van der Waals surface area contributed by atoms with Crippen LogP contribution in [0.5, 0.6) is 5.88 Å².